The molecule has 1 amide bonds. The smallest absolute Gasteiger partial charge is 0.347 e. The summed E-state index contributed by atoms with van der Waals surface area (Å²) in [4.78, 5) is 23.5. The van der Waals surface area contributed by atoms with Gasteiger partial charge in [-0.2, -0.15) is 0 Å². The minimum absolute atomic E-state index is 0.281. The summed E-state index contributed by atoms with van der Waals surface area (Å²) in [6, 6.07) is 4.64. The lowest BCUT2D eigenvalue weighted by Crippen LogP contribution is -2.38. The van der Waals surface area contributed by atoms with Crippen LogP contribution in [0, 0.1) is 0 Å². The van der Waals surface area contributed by atoms with Crippen LogP contribution in [0.2, 0.25) is 10.0 Å². The minimum atomic E-state index is -0.931. The summed E-state index contributed by atoms with van der Waals surface area (Å²) in [5.74, 6) is -0.781. The van der Waals surface area contributed by atoms with E-state index in [2.05, 4.69) is 11.9 Å². The maximum atomic E-state index is 11.9. The first-order valence-corrected chi connectivity index (χ1v) is 7.31. The fraction of sp³-hybridized carbons (Fsp3) is 0.333. The zero-order chi connectivity index (χ0) is 16.7. The van der Waals surface area contributed by atoms with E-state index >= 15 is 0 Å². The highest BCUT2D eigenvalue weighted by molar-refractivity contribution is 6.35. The summed E-state index contributed by atoms with van der Waals surface area (Å²) < 4.78 is 10.4. The van der Waals surface area contributed by atoms with Gasteiger partial charge in [-0.1, -0.05) is 29.3 Å². The number of amides is 1. The highest BCUT2D eigenvalue weighted by Gasteiger charge is 2.23. The van der Waals surface area contributed by atoms with E-state index in [1.54, 1.807) is 12.1 Å². The molecule has 1 aromatic carbocycles. The van der Waals surface area contributed by atoms with Gasteiger partial charge in [0.15, 0.2) is 12.2 Å². The Kier molecular flexibility index (Phi) is 7.21. The van der Waals surface area contributed by atoms with E-state index < -0.39 is 24.1 Å². The van der Waals surface area contributed by atoms with Gasteiger partial charge in [0.25, 0.3) is 5.91 Å². The molecule has 0 spiro atoms. The number of hydrogen-bond acceptors (Lipinski definition) is 4. The monoisotopic (exact) mass is 345 g/mol. The third-order valence-electron chi connectivity index (χ3n) is 2.61. The molecule has 0 bridgehead atoms. The van der Waals surface area contributed by atoms with Crippen molar-refractivity contribution in [1.82, 2.24) is 5.32 Å². The summed E-state index contributed by atoms with van der Waals surface area (Å²) in [5.41, 5.74) is 0. The first-order valence-electron chi connectivity index (χ1n) is 6.56. The molecule has 5 nitrogen and oxygen atoms in total. The highest BCUT2D eigenvalue weighted by atomic mass is 35.5. The maximum absolute atomic E-state index is 11.9. The van der Waals surface area contributed by atoms with Crippen LogP contribution in [0.4, 0.5) is 0 Å². The molecule has 1 rings (SSSR count). The molecule has 0 saturated carbocycles. The van der Waals surface area contributed by atoms with Crippen molar-refractivity contribution in [2.75, 3.05) is 6.54 Å². The first-order chi connectivity index (χ1) is 10.3. The van der Waals surface area contributed by atoms with Gasteiger partial charge < -0.3 is 14.8 Å². The number of rotatable bonds is 7. The number of carbonyl (C=O) groups is 2. The van der Waals surface area contributed by atoms with Crippen LogP contribution in [-0.2, 0) is 14.3 Å². The topological polar surface area (TPSA) is 64.6 Å². The van der Waals surface area contributed by atoms with Crippen molar-refractivity contribution in [3.63, 3.8) is 0 Å². The highest BCUT2D eigenvalue weighted by Crippen LogP contribution is 2.28. The second-order valence-electron chi connectivity index (χ2n) is 4.45. The normalized spacial score (nSPS) is 12.9. The largest absolute Gasteiger partial charge is 0.477 e. The molecule has 1 N–H and O–H groups in total. The lowest BCUT2D eigenvalue weighted by atomic mass is 10.3. The molecule has 0 heterocycles. The Balaban J connectivity index is 2.57. The third-order valence-corrected chi connectivity index (χ3v) is 3.14. The van der Waals surface area contributed by atoms with Crippen LogP contribution in [0.1, 0.15) is 13.8 Å². The summed E-state index contributed by atoms with van der Waals surface area (Å²) >= 11 is 11.7. The van der Waals surface area contributed by atoms with Crippen LogP contribution in [-0.4, -0.2) is 30.6 Å². The molecule has 0 aliphatic rings. The fourth-order valence-corrected chi connectivity index (χ4v) is 1.90. The van der Waals surface area contributed by atoms with Gasteiger partial charge in [-0.25, -0.2) is 4.79 Å². The van der Waals surface area contributed by atoms with Crippen molar-refractivity contribution in [2.24, 2.45) is 0 Å². The third kappa shape index (κ3) is 5.58. The molecule has 0 radical (unpaired) electrons. The Morgan fingerprint density at radius 1 is 1.32 bits per heavy atom. The molecule has 22 heavy (non-hydrogen) atoms. The van der Waals surface area contributed by atoms with Gasteiger partial charge >= 0.3 is 5.97 Å². The molecular weight excluding hydrogens is 329 g/mol. The van der Waals surface area contributed by atoms with Crippen LogP contribution in [0.15, 0.2) is 30.9 Å². The van der Waals surface area contributed by atoms with Crippen LogP contribution in [0.5, 0.6) is 5.75 Å². The Bertz CT molecular complexity index is 562. The molecule has 2 atom stereocenters. The summed E-state index contributed by atoms with van der Waals surface area (Å²) in [7, 11) is 0. The van der Waals surface area contributed by atoms with Crippen LogP contribution in [0.3, 0.4) is 0 Å². The van der Waals surface area contributed by atoms with Gasteiger partial charge in [-0.3, -0.25) is 4.79 Å². The molecule has 0 unspecified atom stereocenters. The molecule has 0 aliphatic heterocycles. The zero-order valence-electron chi connectivity index (χ0n) is 12.3. The number of halogens is 2. The zero-order valence-corrected chi connectivity index (χ0v) is 13.8. The van der Waals surface area contributed by atoms with Crippen molar-refractivity contribution in [3.8, 4) is 5.75 Å². The average molecular weight is 346 g/mol. The van der Waals surface area contributed by atoms with Crippen molar-refractivity contribution in [2.45, 2.75) is 26.1 Å². The van der Waals surface area contributed by atoms with Crippen molar-refractivity contribution in [1.29, 1.82) is 0 Å². The van der Waals surface area contributed by atoms with E-state index in [0.717, 1.165) is 0 Å². The number of nitrogens with one attached hydrogen (secondary N) is 1. The van der Waals surface area contributed by atoms with E-state index in [-0.39, 0.29) is 5.02 Å². The van der Waals surface area contributed by atoms with Gasteiger partial charge in [0.1, 0.15) is 5.75 Å². The van der Waals surface area contributed by atoms with E-state index in [1.807, 2.05) is 0 Å². The molecule has 0 aliphatic carbocycles. The Morgan fingerprint density at radius 3 is 2.59 bits per heavy atom. The lowest BCUT2D eigenvalue weighted by Gasteiger charge is -2.18. The van der Waals surface area contributed by atoms with Crippen LogP contribution < -0.4 is 10.1 Å². The van der Waals surface area contributed by atoms with Gasteiger partial charge in [-0.05, 0) is 32.0 Å². The molecule has 120 valence electrons. The van der Waals surface area contributed by atoms with Crippen LogP contribution in [0.25, 0.3) is 0 Å². The number of benzene rings is 1. The standard InChI is InChI=1S/C15H17Cl2NO4/c1-4-7-18-14(19)9(2)22-15(20)10(3)21-13-6-5-11(16)8-12(13)17/h4-6,8-10H,1,7H2,2-3H3,(H,18,19)/t9-,10-/m1/s1. The van der Waals surface area contributed by atoms with Crippen molar-refractivity contribution >= 4 is 35.1 Å². The molecule has 0 saturated heterocycles. The number of esters is 1. The first kappa shape index (κ1) is 18.3. The molecular formula is C15H17Cl2NO4. The summed E-state index contributed by atoms with van der Waals surface area (Å²) in [6.07, 6.45) is -0.326. The van der Waals surface area contributed by atoms with E-state index in [0.29, 0.717) is 17.3 Å². The summed E-state index contributed by atoms with van der Waals surface area (Å²) in [5, 5.41) is 3.27. The molecule has 7 heteroatoms. The van der Waals surface area contributed by atoms with E-state index in [4.69, 9.17) is 32.7 Å². The summed E-state index contributed by atoms with van der Waals surface area (Å²) in [6.45, 7) is 6.75. The van der Waals surface area contributed by atoms with Gasteiger partial charge in [-0.15, -0.1) is 6.58 Å². The average Bonchev–Trinajstić information content (AvgIpc) is 2.47. The van der Waals surface area contributed by atoms with E-state index in [9.17, 15) is 9.59 Å². The predicted molar refractivity (Wildman–Crippen MR) is 85.3 cm³/mol. The minimum Gasteiger partial charge on any atom is -0.477 e. The number of ether oxygens (including phenoxy) is 2. The van der Waals surface area contributed by atoms with Gasteiger partial charge in [0.05, 0.1) is 5.02 Å². The predicted octanol–water partition coefficient (Wildman–Crippen LogP) is 2.99. The van der Waals surface area contributed by atoms with E-state index in [1.165, 1.54) is 26.0 Å². The molecule has 0 fully saturated rings. The quantitative estimate of drug-likeness (QED) is 0.609. The van der Waals surface area contributed by atoms with Gasteiger partial charge in [0.2, 0.25) is 0 Å². The SMILES string of the molecule is C=CCNC(=O)[C@@H](C)OC(=O)[C@@H](C)Oc1ccc(Cl)cc1Cl. The Hall–Kier alpha value is -1.72. The maximum Gasteiger partial charge on any atom is 0.347 e. The fourth-order valence-electron chi connectivity index (χ4n) is 1.45. The second kappa shape index (κ2) is 8.66. The number of hydrogen-bond donors (Lipinski definition) is 1. The van der Waals surface area contributed by atoms with Crippen LogP contribution >= 0.6 is 23.2 Å². The van der Waals surface area contributed by atoms with Crippen molar-refractivity contribution in [3.05, 3.63) is 40.9 Å². The Labute approximate surface area is 139 Å². The van der Waals surface area contributed by atoms with Gasteiger partial charge in [0, 0.05) is 11.6 Å². The van der Waals surface area contributed by atoms with Crippen molar-refractivity contribution < 1.29 is 19.1 Å². The molecule has 1 aromatic rings. The lowest BCUT2D eigenvalue weighted by molar-refractivity contribution is -0.160. The second-order valence-corrected chi connectivity index (χ2v) is 5.29. The molecule has 0 aromatic heterocycles. The Morgan fingerprint density at radius 2 is 2.00 bits per heavy atom. The number of carbonyl (C=O) groups excluding carboxylic acids is 2.